The van der Waals surface area contributed by atoms with Gasteiger partial charge in [-0.05, 0) is 60.9 Å². The average Bonchev–Trinajstić information content (AvgIpc) is 3.52. The summed E-state index contributed by atoms with van der Waals surface area (Å²) >= 11 is 1.18. The van der Waals surface area contributed by atoms with Gasteiger partial charge in [0, 0.05) is 13.1 Å². The van der Waals surface area contributed by atoms with Gasteiger partial charge in [-0.3, -0.25) is 15.0 Å². The molecule has 35 heavy (non-hydrogen) atoms. The predicted octanol–water partition coefficient (Wildman–Crippen LogP) is 4.21. The van der Waals surface area contributed by atoms with Gasteiger partial charge < -0.3 is 9.64 Å². The van der Waals surface area contributed by atoms with Crippen LogP contribution in [0.5, 0.6) is 5.75 Å². The second kappa shape index (κ2) is 9.87. The predicted molar refractivity (Wildman–Crippen MR) is 137 cm³/mol. The molecule has 0 atom stereocenters. The van der Waals surface area contributed by atoms with Crippen LogP contribution in [0.2, 0.25) is 0 Å². The highest BCUT2D eigenvalue weighted by molar-refractivity contribution is 8.27. The first kappa shape index (κ1) is 23.0. The number of aliphatic imine (C=N–C) groups is 1. The number of likely N-dealkylation sites (tertiary alicyclic amines) is 1. The van der Waals surface area contributed by atoms with Gasteiger partial charge in [-0.15, -0.1) is 0 Å². The van der Waals surface area contributed by atoms with Gasteiger partial charge >= 0.3 is 0 Å². The van der Waals surface area contributed by atoms with Gasteiger partial charge in [-0.1, -0.05) is 42.0 Å². The molecule has 1 N–H and O–H groups in total. The van der Waals surface area contributed by atoms with Gasteiger partial charge in [0.1, 0.15) is 17.4 Å². The summed E-state index contributed by atoms with van der Waals surface area (Å²) in [5.41, 5.74) is 3.18. The van der Waals surface area contributed by atoms with Crippen LogP contribution < -0.4 is 4.74 Å². The molecule has 5 rings (SSSR count). The van der Waals surface area contributed by atoms with Crippen molar-refractivity contribution in [3.05, 3.63) is 70.8 Å². The summed E-state index contributed by atoms with van der Waals surface area (Å²) in [6, 6.07) is 15.5. The summed E-state index contributed by atoms with van der Waals surface area (Å²) < 4.78 is 5.86. The highest BCUT2D eigenvalue weighted by Gasteiger charge is 2.36. The topological polar surface area (TPSA) is 98.4 Å². The fraction of sp³-hybridized carbons (Fsp3) is 0.269. The van der Waals surface area contributed by atoms with Crippen LogP contribution in [0.4, 0.5) is 0 Å². The van der Waals surface area contributed by atoms with Gasteiger partial charge in [-0.2, -0.15) is 15.1 Å². The lowest BCUT2D eigenvalue weighted by Gasteiger charge is -2.20. The summed E-state index contributed by atoms with van der Waals surface area (Å²) in [5.74, 6) is 0.200. The number of hydrogen-bond acceptors (Lipinski definition) is 6. The summed E-state index contributed by atoms with van der Waals surface area (Å²) in [4.78, 5) is 31.1. The van der Waals surface area contributed by atoms with Crippen LogP contribution in [0.1, 0.15) is 36.0 Å². The first-order chi connectivity index (χ1) is 17.0. The fourth-order valence-corrected chi connectivity index (χ4v) is 4.98. The Labute approximate surface area is 207 Å². The Balaban J connectivity index is 1.25. The Hall–Kier alpha value is -3.72. The largest absolute Gasteiger partial charge is 0.489 e. The van der Waals surface area contributed by atoms with Crippen molar-refractivity contribution in [2.75, 3.05) is 13.1 Å². The van der Waals surface area contributed by atoms with Crippen LogP contribution in [-0.2, 0) is 16.2 Å². The van der Waals surface area contributed by atoms with Crippen LogP contribution in [-0.4, -0.2) is 50.9 Å². The number of hydrazone groups is 1. The van der Waals surface area contributed by atoms with E-state index in [2.05, 4.69) is 16.2 Å². The van der Waals surface area contributed by atoms with Crippen molar-refractivity contribution < 1.29 is 14.3 Å². The Morgan fingerprint density at radius 1 is 1.17 bits per heavy atom. The maximum Gasteiger partial charge on any atom is 0.283 e. The molecule has 3 aliphatic rings. The van der Waals surface area contributed by atoms with Gasteiger partial charge in [0.2, 0.25) is 11.1 Å². The van der Waals surface area contributed by atoms with E-state index in [0.29, 0.717) is 22.6 Å². The normalized spacial score (nSPS) is 18.6. The van der Waals surface area contributed by atoms with Crippen molar-refractivity contribution in [2.24, 2.45) is 10.1 Å². The van der Waals surface area contributed by atoms with E-state index in [4.69, 9.17) is 10.1 Å². The number of rotatable bonds is 6. The van der Waals surface area contributed by atoms with Crippen LogP contribution in [0.3, 0.4) is 0 Å². The third-order valence-corrected chi connectivity index (χ3v) is 6.85. The van der Waals surface area contributed by atoms with Crippen LogP contribution >= 0.6 is 11.8 Å². The van der Waals surface area contributed by atoms with E-state index in [0.717, 1.165) is 37.1 Å². The highest BCUT2D eigenvalue weighted by Crippen LogP contribution is 2.30. The number of aryl methyl sites for hydroxylation is 1. The zero-order valence-electron chi connectivity index (χ0n) is 19.4. The zero-order chi connectivity index (χ0) is 24.4. The molecule has 8 nitrogen and oxygen atoms in total. The number of amides is 2. The minimum Gasteiger partial charge on any atom is -0.489 e. The summed E-state index contributed by atoms with van der Waals surface area (Å²) in [5, 5.41) is 15.1. The second-order valence-electron chi connectivity index (χ2n) is 8.63. The van der Waals surface area contributed by atoms with Gasteiger partial charge in [0.05, 0.1) is 12.0 Å². The molecule has 178 valence electrons. The van der Waals surface area contributed by atoms with Crippen molar-refractivity contribution in [2.45, 2.75) is 32.8 Å². The smallest absolute Gasteiger partial charge is 0.283 e. The lowest BCUT2D eigenvalue weighted by molar-refractivity contribution is -0.128. The number of hydrogen-bond donors (Lipinski definition) is 1. The van der Waals surface area contributed by atoms with E-state index in [1.54, 1.807) is 6.08 Å². The Kier molecular flexibility index (Phi) is 6.50. The molecule has 0 aliphatic carbocycles. The third-order valence-electron chi connectivity index (χ3n) is 5.94. The highest BCUT2D eigenvalue weighted by atomic mass is 32.2. The van der Waals surface area contributed by atoms with Crippen molar-refractivity contribution >= 4 is 45.7 Å². The number of nitrogens with one attached hydrogen (secondary N) is 1. The SMILES string of the molecule is Cc1cccc(COc2ccc(C=C3C(=N)N4N=C(CC(=O)N5CCCC5)SC4=NC3=O)cc2)c1. The first-order valence-corrected chi connectivity index (χ1v) is 12.3. The Morgan fingerprint density at radius 2 is 1.94 bits per heavy atom. The molecular weight excluding hydrogens is 462 g/mol. The van der Waals surface area contributed by atoms with Gasteiger partial charge in [-0.25, -0.2) is 0 Å². The molecule has 2 aromatic carbocycles. The molecule has 3 aliphatic heterocycles. The molecule has 0 unspecified atom stereocenters. The third kappa shape index (κ3) is 5.19. The van der Waals surface area contributed by atoms with Crippen LogP contribution in [0.25, 0.3) is 6.08 Å². The average molecular weight is 488 g/mol. The van der Waals surface area contributed by atoms with E-state index in [1.165, 1.54) is 22.3 Å². The lowest BCUT2D eigenvalue weighted by Crippen LogP contribution is -2.35. The summed E-state index contributed by atoms with van der Waals surface area (Å²) in [7, 11) is 0. The minimum absolute atomic E-state index is 0.0209. The van der Waals surface area contributed by atoms with Crippen molar-refractivity contribution in [3.8, 4) is 5.75 Å². The van der Waals surface area contributed by atoms with E-state index >= 15 is 0 Å². The summed E-state index contributed by atoms with van der Waals surface area (Å²) in [6.45, 7) is 4.07. The van der Waals surface area contributed by atoms with Crippen molar-refractivity contribution in [3.63, 3.8) is 0 Å². The Bertz CT molecular complexity index is 1280. The molecule has 0 bridgehead atoms. The van der Waals surface area contributed by atoms with E-state index in [-0.39, 0.29) is 23.7 Å². The molecule has 3 heterocycles. The second-order valence-corrected chi connectivity index (χ2v) is 9.67. The minimum atomic E-state index is -0.490. The molecule has 0 saturated carbocycles. The fourth-order valence-electron chi connectivity index (χ4n) is 4.11. The number of benzene rings is 2. The molecule has 0 radical (unpaired) electrons. The van der Waals surface area contributed by atoms with E-state index in [9.17, 15) is 9.59 Å². The van der Waals surface area contributed by atoms with E-state index < -0.39 is 5.91 Å². The van der Waals surface area contributed by atoms with E-state index in [1.807, 2.05) is 54.3 Å². The standard InChI is InChI=1S/C26H25N5O3S/c1-17-5-4-6-19(13-17)16-34-20-9-7-18(8-10-20)14-21-24(27)31-26(28-25(21)33)35-22(29-31)15-23(32)30-11-2-3-12-30/h4-10,13-14,27H,2-3,11-12,15-16H2,1H3. The quantitative estimate of drug-likeness (QED) is 0.616. The molecule has 2 amide bonds. The number of amidine groups is 2. The number of thioether (sulfide) groups is 1. The number of ether oxygens (including phenoxy) is 1. The van der Waals surface area contributed by atoms with Gasteiger partial charge in [0.25, 0.3) is 5.91 Å². The van der Waals surface area contributed by atoms with Crippen molar-refractivity contribution in [1.82, 2.24) is 9.91 Å². The Morgan fingerprint density at radius 3 is 2.69 bits per heavy atom. The van der Waals surface area contributed by atoms with Crippen molar-refractivity contribution in [1.29, 1.82) is 5.41 Å². The zero-order valence-corrected chi connectivity index (χ0v) is 20.2. The molecule has 0 aromatic heterocycles. The molecule has 1 saturated heterocycles. The lowest BCUT2D eigenvalue weighted by atomic mass is 10.1. The molecular formula is C26H25N5O3S. The molecule has 2 aromatic rings. The molecule has 9 heteroatoms. The molecule has 1 fully saturated rings. The number of nitrogens with zero attached hydrogens (tertiary/aromatic N) is 4. The maximum atomic E-state index is 12.7. The summed E-state index contributed by atoms with van der Waals surface area (Å²) in [6.07, 6.45) is 3.84. The number of fused-ring (bicyclic) bond motifs is 1. The number of carbonyl (C=O) groups is 2. The first-order valence-electron chi connectivity index (χ1n) is 11.5. The van der Waals surface area contributed by atoms with Gasteiger partial charge in [0.15, 0.2) is 5.84 Å². The maximum absolute atomic E-state index is 12.7. The number of carbonyl (C=O) groups excluding carboxylic acids is 2. The molecule has 0 spiro atoms. The monoisotopic (exact) mass is 487 g/mol. The van der Waals surface area contributed by atoms with Crippen LogP contribution in [0.15, 0.2) is 64.2 Å². The van der Waals surface area contributed by atoms with Crippen LogP contribution in [0, 0.1) is 12.3 Å².